The maximum atomic E-state index is 10.6. The van der Waals surface area contributed by atoms with Crippen molar-refractivity contribution in [1.29, 1.82) is 0 Å². The molecule has 3 N–H and O–H groups in total. The van der Waals surface area contributed by atoms with Crippen molar-refractivity contribution < 1.29 is 4.79 Å². The Hall–Kier alpha value is -1.95. The van der Waals surface area contributed by atoms with Crippen LogP contribution in [0.3, 0.4) is 0 Å². The van der Waals surface area contributed by atoms with Gasteiger partial charge >= 0.3 is 0 Å². The summed E-state index contributed by atoms with van der Waals surface area (Å²) in [5.41, 5.74) is 9.58. The van der Waals surface area contributed by atoms with Gasteiger partial charge in [0.2, 0.25) is 5.91 Å². The van der Waals surface area contributed by atoms with E-state index in [0.29, 0.717) is 6.54 Å². The van der Waals surface area contributed by atoms with Gasteiger partial charge in [-0.25, -0.2) is 0 Å². The molecule has 0 unspecified atom stereocenters. The van der Waals surface area contributed by atoms with E-state index in [1.807, 2.05) is 26.0 Å². The maximum absolute atomic E-state index is 10.6. The lowest BCUT2D eigenvalue weighted by Crippen LogP contribution is -2.19. The van der Waals surface area contributed by atoms with Crippen molar-refractivity contribution in [2.45, 2.75) is 20.8 Å². The zero-order valence-electron chi connectivity index (χ0n) is 9.85. The number of nitrogen functional groups attached to an aromatic ring is 1. The third-order valence-electron chi connectivity index (χ3n) is 2.19. The Morgan fingerprint density at radius 1 is 1.38 bits per heavy atom. The maximum Gasteiger partial charge on any atom is 0.217 e. The minimum absolute atomic E-state index is 0.0694. The highest BCUT2D eigenvalue weighted by Gasteiger charge is 2.00. The third-order valence-corrected chi connectivity index (χ3v) is 2.19. The van der Waals surface area contributed by atoms with E-state index < -0.39 is 0 Å². The largest absolute Gasteiger partial charge is 0.399 e. The molecule has 0 atom stereocenters. The number of rotatable bonds is 1. The van der Waals surface area contributed by atoms with E-state index in [1.165, 1.54) is 6.92 Å². The first kappa shape index (κ1) is 12.1. The van der Waals surface area contributed by atoms with Crippen LogP contribution < -0.4 is 11.1 Å². The van der Waals surface area contributed by atoms with Gasteiger partial charge < -0.3 is 11.1 Å². The second kappa shape index (κ2) is 5.22. The Balaban J connectivity index is 2.84. The number of amides is 1. The summed E-state index contributed by atoms with van der Waals surface area (Å²) < 4.78 is 0. The lowest BCUT2D eigenvalue weighted by Gasteiger charge is -2.04. The second-order valence-electron chi connectivity index (χ2n) is 3.74. The number of hydrogen-bond donors (Lipinski definition) is 2. The lowest BCUT2D eigenvalue weighted by atomic mass is 10.0. The summed E-state index contributed by atoms with van der Waals surface area (Å²) in [7, 11) is 0. The van der Waals surface area contributed by atoms with Gasteiger partial charge in [0.1, 0.15) is 0 Å². The fourth-order valence-electron chi connectivity index (χ4n) is 1.50. The van der Waals surface area contributed by atoms with E-state index in [-0.39, 0.29) is 5.91 Å². The van der Waals surface area contributed by atoms with Crippen molar-refractivity contribution in [2.75, 3.05) is 12.3 Å². The molecule has 0 aromatic heterocycles. The smallest absolute Gasteiger partial charge is 0.217 e. The van der Waals surface area contributed by atoms with Gasteiger partial charge in [0.25, 0.3) is 0 Å². The standard InChI is InChI=1S/C13H16N2O/c1-9-7-12(14)8-10(2)13(9)5-4-6-15-11(3)16/h7-8H,6,14H2,1-3H3,(H,15,16). The zero-order valence-corrected chi connectivity index (χ0v) is 9.85. The molecule has 1 rings (SSSR count). The SMILES string of the molecule is CC(=O)NCC#Cc1c(C)cc(N)cc1C. The number of carbonyl (C=O) groups excluding carboxylic acids is 1. The molecular weight excluding hydrogens is 200 g/mol. The van der Waals surface area contributed by atoms with Gasteiger partial charge in [-0.2, -0.15) is 0 Å². The Morgan fingerprint density at radius 2 is 1.94 bits per heavy atom. The minimum atomic E-state index is -0.0694. The van der Waals surface area contributed by atoms with Gasteiger partial charge in [0, 0.05) is 18.2 Å². The average Bonchev–Trinajstić information content (AvgIpc) is 2.14. The fraction of sp³-hybridized carbons (Fsp3) is 0.308. The first-order chi connectivity index (χ1) is 7.50. The van der Waals surface area contributed by atoms with Crippen molar-refractivity contribution in [3.8, 4) is 11.8 Å². The van der Waals surface area contributed by atoms with Crippen LogP contribution in [-0.2, 0) is 4.79 Å². The van der Waals surface area contributed by atoms with Gasteiger partial charge in [0.15, 0.2) is 0 Å². The number of benzene rings is 1. The molecular formula is C13H16N2O. The molecule has 0 saturated heterocycles. The summed E-state index contributed by atoms with van der Waals surface area (Å²) in [6.07, 6.45) is 0. The van der Waals surface area contributed by atoms with Crippen LogP contribution in [-0.4, -0.2) is 12.5 Å². The summed E-state index contributed by atoms with van der Waals surface area (Å²) in [5, 5.41) is 2.63. The number of nitrogens with two attached hydrogens (primary N) is 1. The molecule has 1 aromatic rings. The molecule has 16 heavy (non-hydrogen) atoms. The molecule has 84 valence electrons. The summed E-state index contributed by atoms with van der Waals surface area (Å²) in [5.74, 6) is 5.89. The zero-order chi connectivity index (χ0) is 12.1. The van der Waals surface area contributed by atoms with Gasteiger partial charge in [-0.15, -0.1) is 0 Å². The fourth-order valence-corrected chi connectivity index (χ4v) is 1.50. The van der Waals surface area contributed by atoms with Crippen molar-refractivity contribution in [3.05, 3.63) is 28.8 Å². The predicted octanol–water partition coefficient (Wildman–Crippen LogP) is 1.37. The molecule has 0 fully saturated rings. The number of hydrogen-bond acceptors (Lipinski definition) is 2. The molecule has 1 aromatic carbocycles. The van der Waals surface area contributed by atoms with Crippen molar-refractivity contribution >= 4 is 11.6 Å². The molecule has 0 heterocycles. The molecule has 0 radical (unpaired) electrons. The first-order valence-corrected chi connectivity index (χ1v) is 5.10. The van der Waals surface area contributed by atoms with Gasteiger partial charge in [0.05, 0.1) is 6.54 Å². The first-order valence-electron chi connectivity index (χ1n) is 5.10. The Morgan fingerprint density at radius 3 is 2.44 bits per heavy atom. The molecule has 3 nitrogen and oxygen atoms in total. The van der Waals surface area contributed by atoms with Crippen molar-refractivity contribution in [1.82, 2.24) is 5.32 Å². The molecule has 1 amide bonds. The summed E-state index contributed by atoms with van der Waals surface area (Å²) in [6, 6.07) is 3.80. The van der Waals surface area contributed by atoms with Crippen LogP contribution in [0.15, 0.2) is 12.1 Å². The van der Waals surface area contributed by atoms with E-state index in [1.54, 1.807) is 0 Å². The van der Waals surface area contributed by atoms with Gasteiger partial charge in [-0.05, 0) is 37.1 Å². The number of aryl methyl sites for hydroxylation is 2. The lowest BCUT2D eigenvalue weighted by molar-refractivity contribution is -0.118. The van der Waals surface area contributed by atoms with E-state index in [0.717, 1.165) is 22.4 Å². The Bertz CT molecular complexity index is 444. The molecule has 0 aliphatic heterocycles. The number of carbonyl (C=O) groups is 1. The number of anilines is 1. The Labute approximate surface area is 96.0 Å². The molecule has 0 aliphatic carbocycles. The van der Waals surface area contributed by atoms with Crippen LogP contribution in [0.4, 0.5) is 5.69 Å². The second-order valence-corrected chi connectivity index (χ2v) is 3.74. The monoisotopic (exact) mass is 216 g/mol. The van der Waals surface area contributed by atoms with E-state index >= 15 is 0 Å². The normalized spacial score (nSPS) is 9.19. The van der Waals surface area contributed by atoms with Crippen molar-refractivity contribution in [3.63, 3.8) is 0 Å². The molecule has 3 heteroatoms. The van der Waals surface area contributed by atoms with Crippen molar-refractivity contribution in [2.24, 2.45) is 0 Å². The minimum Gasteiger partial charge on any atom is -0.399 e. The number of nitrogens with one attached hydrogen (secondary N) is 1. The predicted molar refractivity (Wildman–Crippen MR) is 65.9 cm³/mol. The Kier molecular flexibility index (Phi) is 3.96. The van der Waals surface area contributed by atoms with Crippen LogP contribution in [0.5, 0.6) is 0 Å². The van der Waals surface area contributed by atoms with E-state index in [2.05, 4.69) is 17.2 Å². The molecule has 0 saturated carbocycles. The van der Waals surface area contributed by atoms with Gasteiger partial charge in [-0.3, -0.25) is 4.79 Å². The summed E-state index contributed by atoms with van der Waals surface area (Å²) in [6.45, 7) is 5.80. The van der Waals surface area contributed by atoms with E-state index in [4.69, 9.17) is 5.73 Å². The summed E-state index contributed by atoms with van der Waals surface area (Å²) in [4.78, 5) is 10.6. The quantitative estimate of drug-likeness (QED) is 0.550. The molecule has 0 bridgehead atoms. The average molecular weight is 216 g/mol. The van der Waals surface area contributed by atoms with E-state index in [9.17, 15) is 4.79 Å². The highest BCUT2D eigenvalue weighted by Crippen LogP contribution is 2.16. The molecule has 0 aliphatic rings. The topological polar surface area (TPSA) is 55.1 Å². The van der Waals surface area contributed by atoms with Crippen LogP contribution in [0.25, 0.3) is 0 Å². The van der Waals surface area contributed by atoms with Crippen LogP contribution in [0.2, 0.25) is 0 Å². The highest BCUT2D eigenvalue weighted by molar-refractivity contribution is 5.73. The van der Waals surface area contributed by atoms with Crippen LogP contribution in [0, 0.1) is 25.7 Å². The van der Waals surface area contributed by atoms with Crippen LogP contribution in [0.1, 0.15) is 23.6 Å². The van der Waals surface area contributed by atoms with Crippen LogP contribution >= 0.6 is 0 Å². The third kappa shape index (κ3) is 3.32. The highest BCUT2D eigenvalue weighted by atomic mass is 16.1. The summed E-state index contributed by atoms with van der Waals surface area (Å²) >= 11 is 0. The molecule has 0 spiro atoms. The van der Waals surface area contributed by atoms with Gasteiger partial charge in [-0.1, -0.05) is 11.8 Å².